The van der Waals surface area contributed by atoms with Crippen LogP contribution in [-0.2, 0) is 38.2 Å². The summed E-state index contributed by atoms with van der Waals surface area (Å²) in [5, 5.41) is 7.61. The van der Waals surface area contributed by atoms with Gasteiger partial charge in [-0.3, -0.25) is 30.0 Å². The molecule has 4 atom stereocenters. The number of carbonyl (C=O) groups excluding carboxylic acids is 6. The Morgan fingerprint density at radius 2 is 1.19 bits per heavy atom. The van der Waals surface area contributed by atoms with Crippen LogP contribution in [0.25, 0.3) is 0 Å². The van der Waals surface area contributed by atoms with Crippen LogP contribution in [0.1, 0.15) is 13.8 Å². The van der Waals surface area contributed by atoms with Gasteiger partial charge in [0.25, 0.3) is 11.8 Å². The van der Waals surface area contributed by atoms with E-state index in [-0.39, 0.29) is 36.0 Å². The molecule has 1 aromatic rings. The first-order valence-electron chi connectivity index (χ1n) is 11.2. The van der Waals surface area contributed by atoms with E-state index in [1.54, 1.807) is 13.8 Å². The van der Waals surface area contributed by atoms with Gasteiger partial charge in [-0.2, -0.15) is 10.2 Å². The highest BCUT2D eigenvalue weighted by Crippen LogP contribution is 2.35. The number of hydrogen-bond donors (Lipinski definition) is 2. The van der Waals surface area contributed by atoms with E-state index in [1.165, 1.54) is 24.3 Å². The Balaban J connectivity index is 1.42. The first-order chi connectivity index (χ1) is 17.3. The van der Waals surface area contributed by atoms with E-state index in [0.717, 1.165) is 9.80 Å². The normalized spacial score (nSPS) is 26.3. The molecule has 0 radical (unpaired) electrons. The van der Waals surface area contributed by atoms with Gasteiger partial charge in [0, 0.05) is 0 Å². The predicted molar refractivity (Wildman–Crippen MR) is 120 cm³/mol. The summed E-state index contributed by atoms with van der Waals surface area (Å²) in [7, 11) is 0. The maximum Gasteiger partial charge on any atom is 0.355 e. The lowest BCUT2D eigenvalue weighted by atomic mass is 9.99. The first-order valence-corrected chi connectivity index (χ1v) is 11.2. The van der Waals surface area contributed by atoms with Gasteiger partial charge in [0.1, 0.15) is 23.9 Å². The molecule has 36 heavy (non-hydrogen) atoms. The van der Waals surface area contributed by atoms with Crippen molar-refractivity contribution in [1.29, 1.82) is 0 Å². The molecule has 0 saturated carbocycles. The van der Waals surface area contributed by atoms with Gasteiger partial charge in [0.2, 0.25) is 11.8 Å². The molecule has 4 aliphatic rings. The van der Waals surface area contributed by atoms with E-state index in [0.29, 0.717) is 0 Å². The van der Waals surface area contributed by atoms with Gasteiger partial charge in [-0.1, -0.05) is 6.07 Å². The third-order valence-corrected chi connectivity index (χ3v) is 6.17. The van der Waals surface area contributed by atoms with Crippen molar-refractivity contribution >= 4 is 58.4 Å². The number of nitrogens with zero attached hydrogens (tertiary/aromatic N) is 4. The van der Waals surface area contributed by atoms with Crippen LogP contribution in [0.4, 0.5) is 11.4 Å². The zero-order chi connectivity index (χ0) is 25.7. The van der Waals surface area contributed by atoms with Crippen LogP contribution in [0.2, 0.25) is 0 Å². The molecule has 4 amide bonds. The van der Waals surface area contributed by atoms with Crippen molar-refractivity contribution in [2.24, 2.45) is 22.0 Å². The minimum atomic E-state index is -1.16. The molecule has 1 aromatic carbocycles. The number of hydrazone groups is 2. The van der Waals surface area contributed by atoms with Gasteiger partial charge in [0.05, 0.1) is 24.6 Å². The Bertz CT molecular complexity index is 1200. The highest BCUT2D eigenvalue weighted by atomic mass is 16.5. The summed E-state index contributed by atoms with van der Waals surface area (Å²) in [4.78, 5) is 78.5. The van der Waals surface area contributed by atoms with Crippen LogP contribution >= 0.6 is 0 Å². The molecule has 2 N–H and O–H groups in total. The number of imide groups is 2. The van der Waals surface area contributed by atoms with E-state index < -0.39 is 59.5 Å². The van der Waals surface area contributed by atoms with E-state index in [9.17, 15) is 28.8 Å². The van der Waals surface area contributed by atoms with Crippen molar-refractivity contribution in [3.05, 3.63) is 24.3 Å². The van der Waals surface area contributed by atoms with Crippen molar-refractivity contribution < 1.29 is 38.2 Å². The fourth-order valence-corrected chi connectivity index (χ4v) is 4.61. The van der Waals surface area contributed by atoms with Crippen LogP contribution in [0.15, 0.2) is 34.5 Å². The number of fused-ring (bicyclic) bond motifs is 2. The summed E-state index contributed by atoms with van der Waals surface area (Å²) < 4.78 is 9.85. The fraction of sp³-hybridized carbons (Fsp3) is 0.364. The second-order valence-electron chi connectivity index (χ2n) is 8.15. The average Bonchev–Trinajstić information content (AvgIpc) is 3.59. The molecule has 186 valence electrons. The maximum absolute atomic E-state index is 13.2. The van der Waals surface area contributed by atoms with Crippen molar-refractivity contribution in [2.75, 3.05) is 23.0 Å². The van der Waals surface area contributed by atoms with E-state index >= 15 is 0 Å². The molecule has 4 heterocycles. The summed E-state index contributed by atoms with van der Waals surface area (Å²) >= 11 is 0. The third-order valence-electron chi connectivity index (χ3n) is 6.17. The molecule has 2 saturated heterocycles. The van der Waals surface area contributed by atoms with Crippen LogP contribution in [-0.4, -0.2) is 72.3 Å². The lowest BCUT2D eigenvalue weighted by Gasteiger charge is -2.20. The lowest BCUT2D eigenvalue weighted by molar-refractivity contribution is -0.136. The predicted octanol–water partition coefficient (Wildman–Crippen LogP) is -1.55. The molecular weight excluding hydrogens is 476 g/mol. The SMILES string of the molecule is CCOC(=O)C1=NN[C@@H]2C(=O)N(c3cccc(N4C(=O)[C@H]5C(C(=O)OCC)=NN[C@H]5C4=O)c3)C(=O)[C@H]12. The zero-order valence-electron chi connectivity index (χ0n) is 19.1. The lowest BCUT2D eigenvalue weighted by Crippen LogP contribution is -2.37. The van der Waals surface area contributed by atoms with Crippen molar-refractivity contribution in [2.45, 2.75) is 25.9 Å². The number of esters is 2. The van der Waals surface area contributed by atoms with Gasteiger partial charge >= 0.3 is 11.9 Å². The monoisotopic (exact) mass is 496 g/mol. The molecule has 14 nitrogen and oxygen atoms in total. The molecule has 0 bridgehead atoms. The number of rotatable bonds is 6. The fourth-order valence-electron chi connectivity index (χ4n) is 4.61. The van der Waals surface area contributed by atoms with E-state index in [4.69, 9.17) is 9.47 Å². The Hall–Kier alpha value is -4.62. The van der Waals surface area contributed by atoms with Gasteiger partial charge in [-0.25, -0.2) is 19.4 Å². The van der Waals surface area contributed by atoms with Crippen molar-refractivity contribution in [1.82, 2.24) is 10.9 Å². The van der Waals surface area contributed by atoms with E-state index in [2.05, 4.69) is 21.1 Å². The van der Waals surface area contributed by atoms with Crippen LogP contribution < -0.4 is 20.7 Å². The molecule has 0 aliphatic carbocycles. The number of amides is 4. The third kappa shape index (κ3) is 3.25. The first kappa shape index (κ1) is 23.1. The quantitative estimate of drug-likeness (QED) is 0.346. The van der Waals surface area contributed by atoms with Crippen LogP contribution in [0, 0.1) is 11.8 Å². The Labute approximate surface area is 203 Å². The summed E-state index contributed by atoms with van der Waals surface area (Å²) in [6, 6.07) is 3.55. The molecule has 4 aliphatic heterocycles. The standard InChI is InChI=1S/C22H20N6O8/c1-3-35-21(33)15-11-13(23-25-15)19(31)27(17(11)29)9-6-5-7-10(8-9)28-18(30)12-14(20(28)32)24-26-16(12)22(34)36-4-2/h5-8,11-14,23-24H,3-4H2,1-2H3/t11-,12+,13-,14+. The van der Waals surface area contributed by atoms with Crippen LogP contribution in [0.5, 0.6) is 0 Å². The highest BCUT2D eigenvalue weighted by molar-refractivity contribution is 6.47. The summed E-state index contributed by atoms with van der Waals surface area (Å²) in [5.74, 6) is -6.65. The Kier molecular flexibility index (Phi) is 5.50. The van der Waals surface area contributed by atoms with Crippen molar-refractivity contribution in [3.63, 3.8) is 0 Å². The minimum absolute atomic E-state index is 0.0699. The van der Waals surface area contributed by atoms with Gasteiger partial charge < -0.3 is 9.47 Å². The molecule has 0 spiro atoms. The second kappa shape index (κ2) is 8.55. The maximum atomic E-state index is 13.2. The minimum Gasteiger partial charge on any atom is -0.461 e. The average molecular weight is 496 g/mol. The summed E-state index contributed by atoms with van der Waals surface area (Å²) in [6.07, 6.45) is 0. The summed E-state index contributed by atoms with van der Waals surface area (Å²) in [6.45, 7) is 3.34. The zero-order valence-corrected chi connectivity index (χ0v) is 19.1. The number of nitrogens with one attached hydrogen (secondary N) is 2. The number of benzene rings is 1. The largest absolute Gasteiger partial charge is 0.461 e. The van der Waals surface area contributed by atoms with Gasteiger partial charge in [-0.05, 0) is 32.0 Å². The molecule has 2 fully saturated rings. The molecule has 0 aromatic heterocycles. The van der Waals surface area contributed by atoms with E-state index in [1.807, 2.05) is 0 Å². The number of anilines is 2. The van der Waals surface area contributed by atoms with Crippen molar-refractivity contribution in [3.8, 4) is 0 Å². The Morgan fingerprint density at radius 1 is 0.778 bits per heavy atom. The van der Waals surface area contributed by atoms with Gasteiger partial charge in [-0.15, -0.1) is 0 Å². The highest BCUT2D eigenvalue weighted by Gasteiger charge is 2.57. The number of hydrogen-bond acceptors (Lipinski definition) is 12. The Morgan fingerprint density at radius 3 is 1.58 bits per heavy atom. The molecule has 0 unspecified atom stereocenters. The number of carbonyl (C=O) groups is 6. The second-order valence-corrected chi connectivity index (χ2v) is 8.15. The topological polar surface area (TPSA) is 176 Å². The number of ether oxygens (including phenoxy) is 2. The molecule has 14 heteroatoms. The van der Waals surface area contributed by atoms with Crippen LogP contribution in [0.3, 0.4) is 0 Å². The smallest absolute Gasteiger partial charge is 0.355 e. The summed E-state index contributed by atoms with van der Waals surface area (Å²) in [5.41, 5.74) is 4.81. The molecule has 5 rings (SSSR count). The van der Waals surface area contributed by atoms with Gasteiger partial charge in [0.15, 0.2) is 11.4 Å². The molecular formula is C22H20N6O8.